The second-order valence-electron chi connectivity index (χ2n) is 6.32. The molecule has 5 heteroatoms. The monoisotopic (exact) mass is 335 g/mol. The van der Waals surface area contributed by atoms with Crippen LogP contribution >= 0.6 is 0 Å². The van der Waals surface area contributed by atoms with E-state index < -0.39 is 0 Å². The van der Waals surface area contributed by atoms with E-state index in [1.54, 1.807) is 0 Å². The SMILES string of the molecule is Cc1cccc(OCc2nc(-c3ccccc3)c(C3OC3N)[nH]2)c1C. The van der Waals surface area contributed by atoms with Gasteiger partial charge in [0, 0.05) is 5.56 Å². The Morgan fingerprint density at radius 1 is 1.12 bits per heavy atom. The van der Waals surface area contributed by atoms with Crippen molar-refractivity contribution in [2.24, 2.45) is 5.73 Å². The van der Waals surface area contributed by atoms with Gasteiger partial charge in [-0.1, -0.05) is 42.5 Å². The maximum absolute atomic E-state index is 5.97. The standard InChI is InChI=1S/C20H21N3O2/c1-12-7-6-10-15(13(12)2)24-11-16-22-17(14-8-4-3-5-9-14)18(23-16)19-20(21)25-19/h3-10,19-20H,11,21H2,1-2H3,(H,22,23). The Bertz CT molecular complexity index is 889. The maximum atomic E-state index is 5.97. The van der Waals surface area contributed by atoms with Crippen molar-refractivity contribution < 1.29 is 9.47 Å². The molecule has 1 fully saturated rings. The van der Waals surface area contributed by atoms with Gasteiger partial charge in [-0.3, -0.25) is 0 Å². The number of hydrogen-bond acceptors (Lipinski definition) is 4. The smallest absolute Gasteiger partial charge is 0.146 e. The van der Waals surface area contributed by atoms with Gasteiger partial charge in [0.2, 0.25) is 0 Å². The van der Waals surface area contributed by atoms with E-state index in [0.29, 0.717) is 6.61 Å². The van der Waals surface area contributed by atoms with Gasteiger partial charge in [-0.15, -0.1) is 0 Å². The molecule has 0 saturated carbocycles. The fourth-order valence-electron chi connectivity index (χ4n) is 2.91. The number of H-pyrrole nitrogens is 1. The van der Waals surface area contributed by atoms with Crippen LogP contribution in [-0.2, 0) is 11.3 Å². The van der Waals surface area contributed by atoms with Gasteiger partial charge in [-0.05, 0) is 31.0 Å². The quantitative estimate of drug-likeness (QED) is 0.698. The van der Waals surface area contributed by atoms with Gasteiger partial charge in [-0.25, -0.2) is 4.98 Å². The third-order valence-corrected chi connectivity index (χ3v) is 4.56. The summed E-state index contributed by atoms with van der Waals surface area (Å²) >= 11 is 0. The molecule has 2 heterocycles. The summed E-state index contributed by atoms with van der Waals surface area (Å²) in [5, 5.41) is 0. The summed E-state index contributed by atoms with van der Waals surface area (Å²) < 4.78 is 11.4. The van der Waals surface area contributed by atoms with E-state index in [9.17, 15) is 0 Å². The van der Waals surface area contributed by atoms with E-state index in [4.69, 9.17) is 20.2 Å². The number of nitrogens with two attached hydrogens (primary N) is 1. The van der Waals surface area contributed by atoms with E-state index in [1.807, 2.05) is 42.5 Å². The maximum Gasteiger partial charge on any atom is 0.146 e. The molecular formula is C20H21N3O2. The second-order valence-corrected chi connectivity index (χ2v) is 6.32. The molecule has 3 N–H and O–H groups in total. The number of hydrogen-bond donors (Lipinski definition) is 2. The molecule has 0 radical (unpaired) electrons. The molecule has 0 spiro atoms. The van der Waals surface area contributed by atoms with Gasteiger partial charge >= 0.3 is 0 Å². The first-order valence-electron chi connectivity index (χ1n) is 8.38. The van der Waals surface area contributed by atoms with Crippen LogP contribution in [0.3, 0.4) is 0 Å². The highest BCUT2D eigenvalue weighted by molar-refractivity contribution is 5.63. The van der Waals surface area contributed by atoms with Gasteiger partial charge in [0.15, 0.2) is 0 Å². The molecule has 0 aliphatic carbocycles. The third-order valence-electron chi connectivity index (χ3n) is 4.56. The van der Waals surface area contributed by atoms with Gasteiger partial charge in [0.1, 0.15) is 30.5 Å². The molecule has 128 valence electrons. The van der Waals surface area contributed by atoms with Crippen LogP contribution < -0.4 is 10.5 Å². The van der Waals surface area contributed by atoms with Crippen LogP contribution in [0.15, 0.2) is 48.5 Å². The highest BCUT2D eigenvalue weighted by atomic mass is 16.6. The number of aryl methyl sites for hydroxylation is 1. The molecule has 1 aliphatic heterocycles. The highest BCUT2D eigenvalue weighted by Gasteiger charge is 2.40. The molecule has 2 unspecified atom stereocenters. The summed E-state index contributed by atoms with van der Waals surface area (Å²) in [6.07, 6.45) is -0.396. The first-order valence-corrected chi connectivity index (χ1v) is 8.38. The minimum atomic E-state index is -0.268. The van der Waals surface area contributed by atoms with Crippen molar-refractivity contribution in [2.75, 3.05) is 0 Å². The molecule has 3 aromatic rings. The summed E-state index contributed by atoms with van der Waals surface area (Å²) in [4.78, 5) is 8.06. The van der Waals surface area contributed by atoms with E-state index in [1.165, 1.54) is 5.56 Å². The zero-order chi connectivity index (χ0) is 17.4. The van der Waals surface area contributed by atoms with Crippen LogP contribution in [0.25, 0.3) is 11.3 Å². The predicted molar refractivity (Wildman–Crippen MR) is 96.1 cm³/mol. The van der Waals surface area contributed by atoms with Crippen molar-refractivity contribution >= 4 is 0 Å². The average molecular weight is 335 g/mol. The van der Waals surface area contributed by atoms with Gasteiger partial charge in [0.05, 0.1) is 11.4 Å². The van der Waals surface area contributed by atoms with Crippen molar-refractivity contribution in [3.8, 4) is 17.0 Å². The highest BCUT2D eigenvalue weighted by Crippen LogP contribution is 2.39. The Balaban J connectivity index is 1.60. The lowest BCUT2D eigenvalue weighted by atomic mass is 10.1. The summed E-state index contributed by atoms with van der Waals surface area (Å²) in [6.45, 7) is 4.50. The summed E-state index contributed by atoms with van der Waals surface area (Å²) in [7, 11) is 0. The molecule has 1 aromatic heterocycles. The number of rotatable bonds is 5. The molecule has 25 heavy (non-hydrogen) atoms. The lowest BCUT2D eigenvalue weighted by molar-refractivity contribution is 0.294. The van der Waals surface area contributed by atoms with Crippen LogP contribution in [0.4, 0.5) is 0 Å². The van der Waals surface area contributed by atoms with Crippen molar-refractivity contribution in [3.05, 3.63) is 71.2 Å². The molecule has 4 rings (SSSR count). The molecule has 1 saturated heterocycles. The number of nitrogens with zero attached hydrogens (tertiary/aromatic N) is 1. The Morgan fingerprint density at radius 2 is 1.88 bits per heavy atom. The third kappa shape index (κ3) is 3.16. The molecular weight excluding hydrogens is 314 g/mol. The first-order chi connectivity index (χ1) is 12.1. The van der Waals surface area contributed by atoms with Crippen molar-refractivity contribution in [1.29, 1.82) is 0 Å². The number of benzene rings is 2. The molecule has 1 aliphatic rings. The zero-order valence-electron chi connectivity index (χ0n) is 14.3. The molecule has 2 atom stereocenters. The summed E-state index contributed by atoms with van der Waals surface area (Å²) in [5.41, 5.74) is 11.0. The Kier molecular flexibility index (Phi) is 4.03. The lowest BCUT2D eigenvalue weighted by Gasteiger charge is -2.09. The van der Waals surface area contributed by atoms with Crippen molar-refractivity contribution in [1.82, 2.24) is 9.97 Å². The second kappa shape index (κ2) is 6.35. The first kappa shape index (κ1) is 15.9. The predicted octanol–water partition coefficient (Wildman–Crippen LogP) is 3.63. The van der Waals surface area contributed by atoms with Crippen LogP contribution in [0, 0.1) is 13.8 Å². The van der Waals surface area contributed by atoms with Crippen LogP contribution in [0.2, 0.25) is 0 Å². The van der Waals surface area contributed by atoms with E-state index in [0.717, 1.165) is 34.1 Å². The Hall–Kier alpha value is -2.63. The summed E-state index contributed by atoms with van der Waals surface area (Å²) in [5.74, 6) is 1.64. The van der Waals surface area contributed by atoms with Crippen LogP contribution in [0.1, 0.15) is 28.7 Å². The number of epoxide rings is 1. The fraction of sp³-hybridized carbons (Fsp3) is 0.250. The van der Waals surface area contributed by atoms with Crippen LogP contribution in [0.5, 0.6) is 5.75 Å². The van der Waals surface area contributed by atoms with Crippen molar-refractivity contribution in [2.45, 2.75) is 32.8 Å². The number of ether oxygens (including phenoxy) is 2. The number of imidazole rings is 1. The molecule has 2 aromatic carbocycles. The van der Waals surface area contributed by atoms with Crippen LogP contribution in [-0.4, -0.2) is 16.2 Å². The minimum Gasteiger partial charge on any atom is -0.485 e. The zero-order valence-corrected chi connectivity index (χ0v) is 14.3. The normalized spacial score (nSPS) is 19.0. The number of nitrogens with one attached hydrogen (secondary N) is 1. The largest absolute Gasteiger partial charge is 0.485 e. The summed E-state index contributed by atoms with van der Waals surface area (Å²) in [6, 6.07) is 16.1. The van der Waals surface area contributed by atoms with Crippen molar-refractivity contribution in [3.63, 3.8) is 0 Å². The molecule has 0 bridgehead atoms. The van der Waals surface area contributed by atoms with E-state index in [-0.39, 0.29) is 12.3 Å². The minimum absolute atomic E-state index is 0.128. The van der Waals surface area contributed by atoms with Gasteiger partial charge < -0.3 is 20.2 Å². The van der Waals surface area contributed by atoms with Gasteiger partial charge in [0.25, 0.3) is 0 Å². The fourth-order valence-corrected chi connectivity index (χ4v) is 2.91. The topological polar surface area (TPSA) is 76.5 Å². The Morgan fingerprint density at radius 3 is 2.60 bits per heavy atom. The number of aromatic nitrogens is 2. The van der Waals surface area contributed by atoms with E-state index >= 15 is 0 Å². The molecule has 0 amide bonds. The van der Waals surface area contributed by atoms with E-state index in [2.05, 4.69) is 24.9 Å². The number of aromatic amines is 1. The van der Waals surface area contributed by atoms with Gasteiger partial charge in [-0.2, -0.15) is 0 Å². The average Bonchev–Trinajstić information content (AvgIpc) is 3.20. The Labute approximate surface area is 146 Å². The lowest BCUT2D eigenvalue weighted by Crippen LogP contribution is -2.02. The molecule has 5 nitrogen and oxygen atoms in total.